The van der Waals surface area contributed by atoms with Crippen molar-refractivity contribution in [2.24, 2.45) is 0 Å². The molecule has 2 rings (SSSR count). The lowest BCUT2D eigenvalue weighted by Gasteiger charge is -2.23. The molecule has 1 aromatic carbocycles. The van der Waals surface area contributed by atoms with Crippen molar-refractivity contribution < 1.29 is 5.11 Å². The molecule has 0 amide bonds. The summed E-state index contributed by atoms with van der Waals surface area (Å²) in [6, 6.07) is 11.4. The zero-order chi connectivity index (χ0) is 14.6. The number of aromatic nitrogens is 1. The van der Waals surface area contributed by atoms with Crippen LogP contribution in [0.5, 0.6) is 0 Å². The summed E-state index contributed by atoms with van der Waals surface area (Å²) in [4.78, 5) is 4.47. The van der Waals surface area contributed by atoms with Crippen molar-refractivity contribution in [2.75, 3.05) is 23.9 Å². The average molecular weight is 287 g/mol. The van der Waals surface area contributed by atoms with E-state index in [1.54, 1.807) is 24.8 Å². The van der Waals surface area contributed by atoms with Gasteiger partial charge in [0.1, 0.15) is 5.82 Å². The smallest absolute Gasteiger partial charge is 0.128 e. The van der Waals surface area contributed by atoms with Gasteiger partial charge in [0.15, 0.2) is 0 Å². The van der Waals surface area contributed by atoms with E-state index in [4.69, 9.17) is 0 Å². The van der Waals surface area contributed by atoms with Crippen molar-refractivity contribution in [2.45, 2.75) is 12.5 Å². The second kappa shape index (κ2) is 6.12. The Kier molecular flexibility index (Phi) is 4.48. The lowest BCUT2D eigenvalue weighted by molar-refractivity contribution is 0.0996. The van der Waals surface area contributed by atoms with Crippen LogP contribution in [-0.4, -0.2) is 34.2 Å². The molecule has 0 radical (unpaired) electrons. The van der Waals surface area contributed by atoms with Crippen molar-refractivity contribution in [3.05, 3.63) is 35.9 Å². The summed E-state index contributed by atoms with van der Waals surface area (Å²) in [6.07, 6.45) is 1.95. The molecule has 2 aromatic rings. The lowest BCUT2D eigenvalue weighted by Crippen LogP contribution is -2.36. The Morgan fingerprint density at radius 1 is 1.45 bits per heavy atom. The maximum atomic E-state index is 10.1. The van der Waals surface area contributed by atoms with Crippen LogP contribution in [0.2, 0.25) is 0 Å². The van der Waals surface area contributed by atoms with E-state index in [1.165, 1.54) is 0 Å². The number of thioether (sulfide) groups is 1. The van der Waals surface area contributed by atoms with Crippen molar-refractivity contribution in [1.29, 1.82) is 5.26 Å². The van der Waals surface area contributed by atoms with Gasteiger partial charge in [-0.05, 0) is 25.3 Å². The summed E-state index contributed by atoms with van der Waals surface area (Å²) in [5.41, 5.74) is 0.556. The molecule has 0 fully saturated rings. The van der Waals surface area contributed by atoms with Gasteiger partial charge < -0.3 is 10.4 Å². The predicted molar refractivity (Wildman–Crippen MR) is 84.0 cm³/mol. The Hall–Kier alpha value is -1.77. The number of pyridine rings is 1. The number of anilines is 1. The van der Waals surface area contributed by atoms with E-state index < -0.39 is 5.60 Å². The number of rotatable bonds is 5. The van der Waals surface area contributed by atoms with Crippen LogP contribution >= 0.6 is 11.8 Å². The predicted octanol–water partition coefficient (Wildman–Crippen LogP) is 2.63. The van der Waals surface area contributed by atoms with Crippen LogP contribution in [0.1, 0.15) is 12.5 Å². The first kappa shape index (κ1) is 14.6. The SMILES string of the molecule is CSCC(C)(O)CNc1cc(C#N)c2ccccc2n1. The van der Waals surface area contributed by atoms with E-state index in [9.17, 15) is 10.4 Å². The van der Waals surface area contributed by atoms with E-state index in [0.29, 0.717) is 23.7 Å². The van der Waals surface area contributed by atoms with Gasteiger partial charge in [0.2, 0.25) is 0 Å². The summed E-state index contributed by atoms with van der Waals surface area (Å²) in [6.45, 7) is 2.17. The van der Waals surface area contributed by atoms with Gasteiger partial charge in [0, 0.05) is 17.7 Å². The third kappa shape index (κ3) is 3.41. The minimum atomic E-state index is -0.806. The fraction of sp³-hybridized carbons (Fsp3) is 0.333. The molecule has 0 saturated heterocycles. The molecule has 1 aromatic heterocycles. The summed E-state index contributed by atoms with van der Waals surface area (Å²) in [7, 11) is 0. The maximum absolute atomic E-state index is 10.1. The zero-order valence-corrected chi connectivity index (χ0v) is 12.4. The molecular weight excluding hydrogens is 270 g/mol. The molecule has 0 spiro atoms. The molecule has 0 aliphatic carbocycles. The number of nitrogens with zero attached hydrogens (tertiary/aromatic N) is 2. The zero-order valence-electron chi connectivity index (χ0n) is 11.6. The van der Waals surface area contributed by atoms with Crippen LogP contribution in [-0.2, 0) is 0 Å². The third-order valence-corrected chi connectivity index (χ3v) is 3.85. The Balaban J connectivity index is 2.25. The number of para-hydroxylation sites is 1. The topological polar surface area (TPSA) is 68.9 Å². The monoisotopic (exact) mass is 287 g/mol. The summed E-state index contributed by atoms with van der Waals surface area (Å²) in [5.74, 6) is 1.25. The fourth-order valence-electron chi connectivity index (χ4n) is 2.00. The quantitative estimate of drug-likeness (QED) is 0.884. The normalized spacial score (nSPS) is 13.7. The maximum Gasteiger partial charge on any atom is 0.128 e. The minimum Gasteiger partial charge on any atom is -0.387 e. The molecular formula is C15H17N3OS. The first-order chi connectivity index (χ1) is 9.55. The molecule has 0 saturated carbocycles. The molecule has 2 N–H and O–H groups in total. The summed E-state index contributed by atoms with van der Waals surface area (Å²) in [5, 5.41) is 23.3. The Morgan fingerprint density at radius 3 is 2.90 bits per heavy atom. The molecule has 1 unspecified atom stereocenters. The van der Waals surface area contributed by atoms with Gasteiger partial charge in [0.05, 0.1) is 22.8 Å². The largest absolute Gasteiger partial charge is 0.387 e. The number of nitrogens with one attached hydrogen (secondary N) is 1. The number of fused-ring (bicyclic) bond motifs is 1. The highest BCUT2D eigenvalue weighted by atomic mass is 32.2. The van der Waals surface area contributed by atoms with Gasteiger partial charge in [-0.25, -0.2) is 4.98 Å². The molecule has 4 nitrogen and oxygen atoms in total. The van der Waals surface area contributed by atoms with E-state index in [0.717, 1.165) is 10.9 Å². The molecule has 0 aliphatic heterocycles. The Bertz CT molecular complexity index is 649. The van der Waals surface area contributed by atoms with Crippen molar-refractivity contribution in [3.63, 3.8) is 0 Å². The number of nitriles is 1. The van der Waals surface area contributed by atoms with Gasteiger partial charge in [0.25, 0.3) is 0 Å². The molecule has 0 bridgehead atoms. The fourth-order valence-corrected chi connectivity index (χ4v) is 2.73. The highest BCUT2D eigenvalue weighted by Crippen LogP contribution is 2.20. The van der Waals surface area contributed by atoms with Gasteiger partial charge in [-0.15, -0.1) is 0 Å². The van der Waals surface area contributed by atoms with Crippen molar-refractivity contribution >= 4 is 28.5 Å². The molecule has 20 heavy (non-hydrogen) atoms. The van der Waals surface area contributed by atoms with Crippen LogP contribution in [0.15, 0.2) is 30.3 Å². The van der Waals surface area contributed by atoms with Crippen LogP contribution in [0, 0.1) is 11.3 Å². The van der Waals surface area contributed by atoms with E-state index in [2.05, 4.69) is 16.4 Å². The van der Waals surface area contributed by atoms with Gasteiger partial charge in [-0.2, -0.15) is 17.0 Å². The second-order valence-corrected chi connectivity index (χ2v) is 5.83. The average Bonchev–Trinajstić information content (AvgIpc) is 2.44. The Labute approximate surface area is 122 Å². The number of hydrogen-bond acceptors (Lipinski definition) is 5. The molecule has 5 heteroatoms. The van der Waals surface area contributed by atoms with Gasteiger partial charge in [-0.1, -0.05) is 18.2 Å². The van der Waals surface area contributed by atoms with E-state index >= 15 is 0 Å². The summed E-state index contributed by atoms with van der Waals surface area (Å²) < 4.78 is 0. The minimum absolute atomic E-state index is 0.393. The van der Waals surface area contributed by atoms with Gasteiger partial charge >= 0.3 is 0 Å². The lowest BCUT2D eigenvalue weighted by atomic mass is 10.1. The van der Waals surface area contributed by atoms with Crippen LogP contribution in [0.25, 0.3) is 10.9 Å². The first-order valence-electron chi connectivity index (χ1n) is 6.31. The highest BCUT2D eigenvalue weighted by Gasteiger charge is 2.19. The van der Waals surface area contributed by atoms with Crippen LogP contribution in [0.3, 0.4) is 0 Å². The Morgan fingerprint density at radius 2 is 2.20 bits per heavy atom. The highest BCUT2D eigenvalue weighted by molar-refractivity contribution is 7.98. The van der Waals surface area contributed by atoms with Crippen molar-refractivity contribution in [1.82, 2.24) is 4.98 Å². The standard InChI is InChI=1S/C15H17N3OS/c1-15(19,10-20-2)9-17-14-7-11(8-16)12-5-3-4-6-13(12)18-14/h3-7,19H,9-10H2,1-2H3,(H,17,18). The van der Waals surface area contributed by atoms with Crippen molar-refractivity contribution in [3.8, 4) is 6.07 Å². The number of hydrogen-bond donors (Lipinski definition) is 2. The first-order valence-corrected chi connectivity index (χ1v) is 7.70. The third-order valence-electron chi connectivity index (χ3n) is 2.94. The molecule has 0 aliphatic rings. The number of aliphatic hydroxyl groups is 1. The number of benzene rings is 1. The molecule has 104 valence electrons. The van der Waals surface area contributed by atoms with Gasteiger partial charge in [-0.3, -0.25) is 0 Å². The van der Waals surface area contributed by atoms with E-state index in [-0.39, 0.29) is 0 Å². The van der Waals surface area contributed by atoms with E-state index in [1.807, 2.05) is 30.5 Å². The summed E-state index contributed by atoms with van der Waals surface area (Å²) >= 11 is 1.59. The molecule has 1 heterocycles. The molecule has 1 atom stereocenters. The van der Waals surface area contributed by atoms with Crippen LogP contribution < -0.4 is 5.32 Å². The van der Waals surface area contributed by atoms with Crippen LogP contribution in [0.4, 0.5) is 5.82 Å². The second-order valence-electron chi connectivity index (χ2n) is 4.97.